The second kappa shape index (κ2) is 4.03. The summed E-state index contributed by atoms with van der Waals surface area (Å²) in [7, 11) is 0. The molecule has 0 radical (unpaired) electrons. The first kappa shape index (κ1) is 9.71. The van der Waals surface area contributed by atoms with Gasteiger partial charge in [0.25, 0.3) is 5.56 Å². The summed E-state index contributed by atoms with van der Waals surface area (Å²) in [4.78, 5) is 17.8. The fourth-order valence-corrected chi connectivity index (χ4v) is 1.25. The smallest absolute Gasteiger partial charge is 0.273 e. The summed E-state index contributed by atoms with van der Waals surface area (Å²) >= 11 is 0. The third-order valence-electron chi connectivity index (χ3n) is 1.87. The Morgan fingerprint density at radius 2 is 2.15 bits per heavy atom. The van der Waals surface area contributed by atoms with Crippen LogP contribution in [0, 0.1) is 0 Å². The highest BCUT2D eigenvalue weighted by atomic mass is 16.1. The predicted octanol–water partition coefficient (Wildman–Crippen LogP) is 0.205. The maximum absolute atomic E-state index is 11.1. The van der Waals surface area contributed by atoms with Crippen molar-refractivity contribution in [3.63, 3.8) is 0 Å². The van der Waals surface area contributed by atoms with Crippen LogP contribution in [0.25, 0.3) is 5.57 Å². The molecule has 0 amide bonds. The second-order valence-corrected chi connectivity index (χ2v) is 2.67. The number of pyridine rings is 1. The van der Waals surface area contributed by atoms with Crippen LogP contribution in [0.15, 0.2) is 22.1 Å². The normalized spacial score (nSPS) is 12.7. The summed E-state index contributed by atoms with van der Waals surface area (Å²) in [5.74, 6) is 0. The average molecular weight is 178 g/mol. The maximum Gasteiger partial charge on any atom is 0.273 e. The highest BCUT2D eigenvalue weighted by Crippen LogP contribution is 1.90. The molecule has 70 valence electrons. The molecule has 1 aromatic rings. The molecule has 2 heterocycles. The number of H-pyrrole nitrogens is 1. The SMILES string of the molecule is CC.CC1=c2cc[nH]c(=O)c2=NC1. The van der Waals surface area contributed by atoms with Crippen molar-refractivity contribution in [1.82, 2.24) is 4.98 Å². The summed E-state index contributed by atoms with van der Waals surface area (Å²) < 4.78 is 0. The van der Waals surface area contributed by atoms with Crippen LogP contribution in [0.2, 0.25) is 0 Å². The zero-order valence-corrected chi connectivity index (χ0v) is 8.22. The van der Waals surface area contributed by atoms with Crippen LogP contribution >= 0.6 is 0 Å². The second-order valence-electron chi connectivity index (χ2n) is 2.67. The van der Waals surface area contributed by atoms with Crippen LogP contribution in [0.3, 0.4) is 0 Å². The minimum atomic E-state index is -0.0839. The van der Waals surface area contributed by atoms with Gasteiger partial charge in [0.15, 0.2) is 0 Å². The molecular formula is C10H14N2O. The largest absolute Gasteiger partial charge is 0.327 e. The van der Waals surface area contributed by atoms with Crippen LogP contribution in [-0.4, -0.2) is 11.5 Å². The Hall–Kier alpha value is -1.38. The highest BCUT2D eigenvalue weighted by molar-refractivity contribution is 5.45. The quantitative estimate of drug-likeness (QED) is 0.606. The zero-order valence-electron chi connectivity index (χ0n) is 8.22. The molecule has 0 atom stereocenters. The Bertz CT molecular complexity index is 457. The van der Waals surface area contributed by atoms with Gasteiger partial charge in [-0.25, -0.2) is 0 Å². The summed E-state index contributed by atoms with van der Waals surface area (Å²) in [6.07, 6.45) is 1.66. The van der Waals surface area contributed by atoms with E-state index in [1.807, 2.05) is 26.8 Å². The fraction of sp³-hybridized carbons (Fsp3) is 0.400. The molecule has 0 fully saturated rings. The number of nitrogens with zero attached hydrogens (tertiary/aromatic N) is 1. The minimum Gasteiger partial charge on any atom is -0.327 e. The zero-order chi connectivity index (χ0) is 9.84. The van der Waals surface area contributed by atoms with Gasteiger partial charge in [-0.2, -0.15) is 0 Å². The van der Waals surface area contributed by atoms with Crippen LogP contribution in [-0.2, 0) is 0 Å². The Balaban J connectivity index is 0.000000396. The summed E-state index contributed by atoms with van der Waals surface area (Å²) in [6, 6.07) is 1.89. The molecule has 2 rings (SSSR count). The predicted molar refractivity (Wildman–Crippen MR) is 53.1 cm³/mol. The van der Waals surface area contributed by atoms with Gasteiger partial charge in [-0.15, -0.1) is 0 Å². The van der Waals surface area contributed by atoms with E-state index in [2.05, 4.69) is 9.98 Å². The number of aromatic nitrogens is 1. The van der Waals surface area contributed by atoms with E-state index in [9.17, 15) is 4.79 Å². The first-order valence-electron chi connectivity index (χ1n) is 4.51. The fourth-order valence-electron chi connectivity index (χ4n) is 1.25. The molecule has 1 aliphatic heterocycles. The lowest BCUT2D eigenvalue weighted by molar-refractivity contribution is 1.11. The van der Waals surface area contributed by atoms with Crippen molar-refractivity contribution >= 4 is 5.57 Å². The van der Waals surface area contributed by atoms with E-state index in [4.69, 9.17) is 0 Å². The van der Waals surface area contributed by atoms with Crippen molar-refractivity contribution < 1.29 is 0 Å². The molecule has 13 heavy (non-hydrogen) atoms. The van der Waals surface area contributed by atoms with Crippen LogP contribution in [0.5, 0.6) is 0 Å². The number of nitrogens with one attached hydrogen (secondary N) is 1. The molecule has 0 unspecified atom stereocenters. The van der Waals surface area contributed by atoms with E-state index >= 15 is 0 Å². The van der Waals surface area contributed by atoms with Gasteiger partial charge in [0, 0.05) is 11.4 Å². The Morgan fingerprint density at radius 3 is 2.77 bits per heavy atom. The van der Waals surface area contributed by atoms with Gasteiger partial charge < -0.3 is 4.98 Å². The molecule has 0 aromatic carbocycles. The lowest BCUT2D eigenvalue weighted by Crippen LogP contribution is -2.38. The lowest BCUT2D eigenvalue weighted by Gasteiger charge is -1.84. The number of hydrogen-bond acceptors (Lipinski definition) is 2. The first-order valence-corrected chi connectivity index (χ1v) is 4.51. The van der Waals surface area contributed by atoms with Crippen molar-refractivity contribution in [3.05, 3.63) is 33.2 Å². The van der Waals surface area contributed by atoms with Gasteiger partial charge in [-0.3, -0.25) is 9.79 Å². The molecule has 0 aliphatic carbocycles. The number of rotatable bonds is 0. The molecule has 3 heteroatoms. The van der Waals surface area contributed by atoms with Crippen molar-refractivity contribution in [3.8, 4) is 0 Å². The number of hydrogen-bond donors (Lipinski definition) is 1. The third kappa shape index (κ3) is 1.69. The summed E-state index contributed by atoms with van der Waals surface area (Å²) in [6.45, 7) is 6.66. The third-order valence-corrected chi connectivity index (χ3v) is 1.87. The molecule has 1 aromatic heterocycles. The lowest BCUT2D eigenvalue weighted by atomic mass is 10.2. The minimum absolute atomic E-state index is 0.0839. The van der Waals surface area contributed by atoms with Crippen molar-refractivity contribution in [2.75, 3.05) is 6.54 Å². The monoisotopic (exact) mass is 178 g/mol. The van der Waals surface area contributed by atoms with Gasteiger partial charge in [0.05, 0.1) is 6.54 Å². The first-order chi connectivity index (χ1) is 6.29. The van der Waals surface area contributed by atoms with Gasteiger partial charge in [-0.05, 0) is 18.6 Å². The van der Waals surface area contributed by atoms with Gasteiger partial charge in [0.1, 0.15) is 5.36 Å². The van der Waals surface area contributed by atoms with Crippen molar-refractivity contribution in [2.45, 2.75) is 20.8 Å². The summed E-state index contributed by atoms with van der Waals surface area (Å²) in [5.41, 5.74) is 1.09. The number of fused-ring (bicyclic) bond motifs is 1. The molecule has 0 saturated carbocycles. The van der Waals surface area contributed by atoms with Gasteiger partial charge in [0.2, 0.25) is 0 Å². The van der Waals surface area contributed by atoms with E-state index in [1.54, 1.807) is 6.20 Å². The van der Waals surface area contributed by atoms with Crippen molar-refractivity contribution in [1.29, 1.82) is 0 Å². The van der Waals surface area contributed by atoms with E-state index in [0.29, 0.717) is 11.9 Å². The molecule has 3 nitrogen and oxygen atoms in total. The molecule has 0 spiro atoms. The van der Waals surface area contributed by atoms with Crippen molar-refractivity contribution in [2.24, 2.45) is 4.99 Å². The Labute approximate surface area is 76.8 Å². The maximum atomic E-state index is 11.1. The van der Waals surface area contributed by atoms with Gasteiger partial charge >= 0.3 is 0 Å². The van der Waals surface area contributed by atoms with E-state index in [1.165, 1.54) is 5.57 Å². The van der Waals surface area contributed by atoms with Crippen LogP contribution in [0.4, 0.5) is 0 Å². The highest BCUT2D eigenvalue weighted by Gasteiger charge is 2.02. The van der Waals surface area contributed by atoms with Gasteiger partial charge in [-0.1, -0.05) is 13.8 Å². The topological polar surface area (TPSA) is 45.2 Å². The Morgan fingerprint density at radius 1 is 1.46 bits per heavy atom. The molecule has 1 N–H and O–H groups in total. The standard InChI is InChI=1S/C8H8N2O.C2H6/c1-5-4-10-7-6(5)2-3-9-8(7)11;1-2/h2-3H,4H2,1H3,(H,9,11);1-2H3. The van der Waals surface area contributed by atoms with Crippen LogP contribution < -0.4 is 16.1 Å². The van der Waals surface area contributed by atoms with E-state index < -0.39 is 0 Å². The van der Waals surface area contributed by atoms with Crippen LogP contribution in [0.1, 0.15) is 20.8 Å². The average Bonchev–Trinajstić information content (AvgIpc) is 2.53. The molecule has 0 bridgehead atoms. The number of aromatic amines is 1. The molecule has 0 saturated heterocycles. The summed E-state index contributed by atoms with van der Waals surface area (Å²) in [5, 5.41) is 1.58. The molecule has 1 aliphatic rings. The Kier molecular flexibility index (Phi) is 3.01. The van der Waals surface area contributed by atoms with E-state index in [0.717, 1.165) is 5.22 Å². The molecular weight excluding hydrogens is 164 g/mol. The van der Waals surface area contributed by atoms with E-state index in [-0.39, 0.29) is 5.56 Å².